The molecule has 6 nitrogen and oxygen atoms in total. The van der Waals surface area contributed by atoms with Crippen LogP contribution >= 0.6 is 0 Å². The van der Waals surface area contributed by atoms with Gasteiger partial charge in [0.05, 0.1) is 11.4 Å². The van der Waals surface area contributed by atoms with E-state index in [4.69, 9.17) is 13.3 Å². The van der Waals surface area contributed by atoms with Crippen LogP contribution in [0.4, 0.5) is 51.2 Å². The van der Waals surface area contributed by atoms with Crippen LogP contribution in [-0.4, -0.2) is 6.71 Å². The maximum Gasteiger partial charge on any atom is 0.252 e. The molecule has 0 aliphatic carbocycles. The third-order valence-electron chi connectivity index (χ3n) is 15.9. The topological polar surface area (TPSA) is 49.1 Å². The molecule has 2 aliphatic rings. The van der Waals surface area contributed by atoms with Crippen LogP contribution < -0.4 is 31.1 Å². The zero-order valence-electron chi connectivity index (χ0n) is 42.5. The van der Waals surface area contributed by atoms with E-state index in [1.807, 2.05) is 36.4 Å². The molecule has 0 amide bonds. The van der Waals surface area contributed by atoms with Crippen LogP contribution in [0, 0.1) is 6.92 Å². The number of nitrogens with zero attached hydrogens (tertiary/aromatic N) is 3. The number of aryl methyl sites for hydroxylation is 1. The van der Waals surface area contributed by atoms with Gasteiger partial charge < -0.3 is 28.0 Å². The average Bonchev–Trinajstić information content (AvgIpc) is 3.34. The predicted molar refractivity (Wildman–Crippen MR) is 323 cm³/mol. The van der Waals surface area contributed by atoms with E-state index in [-0.39, 0.29) is 6.71 Å². The van der Waals surface area contributed by atoms with Gasteiger partial charge in [-0.1, -0.05) is 152 Å². The van der Waals surface area contributed by atoms with E-state index in [2.05, 4.69) is 246 Å². The molecule has 2 aliphatic heterocycles. The smallest absolute Gasteiger partial charge is 0.252 e. The van der Waals surface area contributed by atoms with Crippen molar-refractivity contribution in [2.45, 2.75) is 6.92 Å². The quantitative estimate of drug-likeness (QED) is 0.141. The molecule has 78 heavy (non-hydrogen) atoms. The lowest BCUT2D eigenvalue weighted by Crippen LogP contribution is -2.61. The van der Waals surface area contributed by atoms with Gasteiger partial charge in [-0.15, -0.1) is 0 Å². The second-order valence-electron chi connectivity index (χ2n) is 20.5. The Morgan fingerprint density at radius 3 is 1.55 bits per heavy atom. The van der Waals surface area contributed by atoms with Crippen LogP contribution in [0.5, 0.6) is 0 Å². The van der Waals surface area contributed by atoms with Crippen molar-refractivity contribution in [1.29, 1.82) is 0 Å². The van der Waals surface area contributed by atoms with E-state index < -0.39 is 0 Å². The Labute approximate surface area is 451 Å². The first kappa shape index (κ1) is 44.1. The van der Waals surface area contributed by atoms with Gasteiger partial charge in [-0.3, -0.25) is 0 Å². The fraction of sp³-hybridized carbons (Fsp3) is 0.0141. The number of benzene rings is 11. The van der Waals surface area contributed by atoms with Crippen LogP contribution in [0.2, 0.25) is 0 Å². The lowest BCUT2D eigenvalue weighted by atomic mass is 9.33. The highest BCUT2D eigenvalue weighted by Crippen LogP contribution is 2.50. The lowest BCUT2D eigenvalue weighted by molar-refractivity contribution is 0.631. The van der Waals surface area contributed by atoms with E-state index in [0.29, 0.717) is 0 Å². The third kappa shape index (κ3) is 6.98. The highest BCUT2D eigenvalue weighted by Gasteiger charge is 2.44. The van der Waals surface area contributed by atoms with E-state index in [0.717, 1.165) is 129 Å². The lowest BCUT2D eigenvalue weighted by Gasteiger charge is -2.45. The number of furan rings is 3. The maximum absolute atomic E-state index is 6.66. The summed E-state index contributed by atoms with van der Waals surface area (Å²) in [6.07, 6.45) is 0. The molecule has 0 spiro atoms. The van der Waals surface area contributed by atoms with Crippen LogP contribution in [0.15, 0.2) is 274 Å². The number of hydrogen-bond acceptors (Lipinski definition) is 6. The zero-order valence-corrected chi connectivity index (χ0v) is 42.5. The summed E-state index contributed by atoms with van der Waals surface area (Å²) in [5.41, 5.74) is 20.0. The van der Waals surface area contributed by atoms with Crippen molar-refractivity contribution in [3.05, 3.63) is 266 Å². The predicted octanol–water partition coefficient (Wildman–Crippen LogP) is 17.9. The fourth-order valence-electron chi connectivity index (χ4n) is 12.3. The summed E-state index contributed by atoms with van der Waals surface area (Å²) in [5, 5.41) is 5.51. The van der Waals surface area contributed by atoms with Gasteiger partial charge in [0, 0.05) is 78.0 Å². The number of anilines is 9. The Morgan fingerprint density at radius 2 is 0.872 bits per heavy atom. The molecule has 0 radical (unpaired) electrons. The van der Waals surface area contributed by atoms with Crippen molar-refractivity contribution in [3.63, 3.8) is 0 Å². The molecule has 0 unspecified atom stereocenters. The number of fused-ring (bicyclic) bond motifs is 8. The van der Waals surface area contributed by atoms with E-state index >= 15 is 0 Å². The second kappa shape index (κ2) is 17.4. The highest BCUT2D eigenvalue weighted by atomic mass is 16.3. The Kier molecular flexibility index (Phi) is 9.85. The van der Waals surface area contributed by atoms with Crippen LogP contribution in [0.3, 0.4) is 0 Å². The van der Waals surface area contributed by atoms with Crippen LogP contribution in [0.25, 0.3) is 77.7 Å². The van der Waals surface area contributed by atoms with Gasteiger partial charge in [-0.05, 0) is 143 Å². The van der Waals surface area contributed by atoms with Crippen molar-refractivity contribution in [2.24, 2.45) is 0 Å². The van der Waals surface area contributed by atoms with Crippen LogP contribution in [0.1, 0.15) is 5.56 Å². The maximum atomic E-state index is 6.66. The first-order chi connectivity index (χ1) is 38.6. The molecule has 0 atom stereocenters. The van der Waals surface area contributed by atoms with E-state index in [1.165, 1.54) is 22.0 Å². The summed E-state index contributed by atoms with van der Waals surface area (Å²) in [6.45, 7) is 2.10. The molecule has 0 N–H and O–H groups in total. The summed E-state index contributed by atoms with van der Waals surface area (Å²) in [6, 6.07) is 93.6. The van der Waals surface area contributed by atoms with Gasteiger partial charge in [0.15, 0.2) is 0 Å². The number of hydrogen-bond donors (Lipinski definition) is 0. The van der Waals surface area contributed by atoms with Gasteiger partial charge in [-0.2, -0.15) is 0 Å². The summed E-state index contributed by atoms with van der Waals surface area (Å²) < 4.78 is 19.7. The molecule has 5 heterocycles. The standard InChI is InChI=1S/C71H46BN3O3/c1-45-16-2-9-26-59(45)75-61-27-10-8-25-57(61)72-58-37-34-52(70-42-51-20-6-13-31-67(51)78-70)39-62(58)74(54-23-14-22-48(38-54)69-41-50-19-5-12-30-66(50)77-69)63-43-55(44-64(75)71(63)72)73(60-28-15-21-46-17-3-7-24-56(46)60)53-35-32-47(33-36-53)68-40-49-18-4-11-29-65(49)76-68/h2-44H,1H3. The average molecular weight is 1000 g/mol. The Bertz CT molecular complexity index is 4600. The molecule has 366 valence electrons. The third-order valence-corrected chi connectivity index (χ3v) is 15.9. The molecule has 0 bridgehead atoms. The fourth-order valence-corrected chi connectivity index (χ4v) is 12.3. The van der Waals surface area contributed by atoms with Crippen molar-refractivity contribution >= 4 is 118 Å². The van der Waals surface area contributed by atoms with Crippen molar-refractivity contribution in [1.82, 2.24) is 0 Å². The van der Waals surface area contributed by atoms with Crippen LogP contribution in [-0.2, 0) is 0 Å². The van der Waals surface area contributed by atoms with Gasteiger partial charge in [0.25, 0.3) is 6.71 Å². The molecule has 0 saturated heterocycles. The van der Waals surface area contributed by atoms with Gasteiger partial charge >= 0.3 is 0 Å². The molecule has 11 aromatic carbocycles. The molecule has 16 rings (SSSR count). The molecular weight excluding hydrogens is 954 g/mol. The largest absolute Gasteiger partial charge is 0.456 e. The summed E-state index contributed by atoms with van der Waals surface area (Å²) in [7, 11) is 0. The van der Waals surface area contributed by atoms with E-state index in [1.54, 1.807) is 0 Å². The van der Waals surface area contributed by atoms with Crippen molar-refractivity contribution in [2.75, 3.05) is 14.7 Å². The van der Waals surface area contributed by atoms with Crippen molar-refractivity contribution in [3.8, 4) is 34.0 Å². The summed E-state index contributed by atoms with van der Waals surface area (Å²) >= 11 is 0. The number of rotatable bonds is 8. The SMILES string of the molecule is Cc1ccccc1N1c2ccccc2B2c3ccc(-c4cc5ccccc5o4)cc3N(c3cccc(-c4cc5ccccc5o4)c3)c3cc(N(c4ccc(-c5cc6ccccc6o5)cc4)c4cccc5ccccc45)cc1c32. The van der Waals surface area contributed by atoms with Gasteiger partial charge in [-0.25, -0.2) is 0 Å². The highest BCUT2D eigenvalue weighted by molar-refractivity contribution is 7.00. The van der Waals surface area contributed by atoms with Gasteiger partial charge in [0.1, 0.15) is 34.0 Å². The van der Waals surface area contributed by atoms with E-state index in [9.17, 15) is 0 Å². The molecule has 0 saturated carbocycles. The Balaban J connectivity index is 0.990. The minimum absolute atomic E-state index is 0.121. The molecule has 7 heteroatoms. The first-order valence-corrected chi connectivity index (χ1v) is 26.6. The van der Waals surface area contributed by atoms with Crippen molar-refractivity contribution < 1.29 is 13.3 Å². The zero-order chi connectivity index (χ0) is 51.4. The first-order valence-electron chi connectivity index (χ1n) is 26.6. The molecular formula is C71H46BN3O3. The minimum atomic E-state index is -0.121. The molecule has 14 aromatic rings. The van der Waals surface area contributed by atoms with Gasteiger partial charge in [0.2, 0.25) is 0 Å². The second-order valence-corrected chi connectivity index (χ2v) is 20.5. The summed E-state index contributed by atoms with van der Waals surface area (Å²) in [5.74, 6) is 2.46. The molecule has 3 aromatic heterocycles. The normalized spacial score (nSPS) is 12.6. The monoisotopic (exact) mass is 999 g/mol. The Morgan fingerprint density at radius 1 is 0.346 bits per heavy atom. The minimum Gasteiger partial charge on any atom is -0.456 e. The number of para-hydroxylation sites is 5. The molecule has 0 fully saturated rings. The summed E-state index contributed by atoms with van der Waals surface area (Å²) in [4.78, 5) is 7.44. The Hall–Kier alpha value is -10.2.